The van der Waals surface area contributed by atoms with Crippen molar-refractivity contribution in [3.05, 3.63) is 39.9 Å². The number of fused-ring (bicyclic) bond motifs is 2. The van der Waals surface area contributed by atoms with Gasteiger partial charge in [0.2, 0.25) is 0 Å². The smallest absolute Gasteiger partial charge is 0.252 e. The Kier molecular flexibility index (Phi) is 6.51. The second kappa shape index (κ2) is 9.86. The van der Waals surface area contributed by atoms with E-state index in [1.54, 1.807) is 10.7 Å². The van der Waals surface area contributed by atoms with Crippen LogP contribution in [0.15, 0.2) is 23.0 Å². The number of tetrazole rings is 1. The average molecular weight is 457 g/mol. The lowest BCUT2D eigenvalue weighted by Gasteiger charge is -2.22. The van der Waals surface area contributed by atoms with E-state index in [2.05, 4.69) is 25.4 Å². The van der Waals surface area contributed by atoms with Gasteiger partial charge in [-0.15, -0.1) is 5.10 Å². The molecule has 1 saturated heterocycles. The monoisotopic (exact) mass is 456 g/mol. The van der Waals surface area contributed by atoms with Crippen LogP contribution in [0.5, 0.6) is 11.5 Å². The second-order valence-electron chi connectivity index (χ2n) is 8.41. The third-order valence-electron chi connectivity index (χ3n) is 5.98. The van der Waals surface area contributed by atoms with Gasteiger partial charge in [0.1, 0.15) is 13.2 Å². The molecule has 1 fully saturated rings. The van der Waals surface area contributed by atoms with Gasteiger partial charge in [0.15, 0.2) is 17.3 Å². The molecule has 2 aromatic heterocycles. The summed E-state index contributed by atoms with van der Waals surface area (Å²) >= 11 is 0. The van der Waals surface area contributed by atoms with Crippen LogP contribution in [0.4, 0.5) is 0 Å². The van der Waals surface area contributed by atoms with E-state index in [0.717, 1.165) is 24.8 Å². The summed E-state index contributed by atoms with van der Waals surface area (Å²) in [6, 6.07) is 5.58. The minimum atomic E-state index is -0.160. The Morgan fingerprint density at radius 2 is 2.00 bits per heavy atom. The zero-order valence-electron chi connectivity index (χ0n) is 18.4. The minimum Gasteiger partial charge on any atom is -0.486 e. The fourth-order valence-corrected chi connectivity index (χ4v) is 4.31. The number of hydrogen-bond donors (Lipinski definition) is 2. The van der Waals surface area contributed by atoms with Gasteiger partial charge in [0, 0.05) is 43.3 Å². The van der Waals surface area contributed by atoms with Crippen LogP contribution in [0.25, 0.3) is 10.9 Å². The molecule has 4 heterocycles. The van der Waals surface area contributed by atoms with E-state index in [1.807, 2.05) is 12.1 Å². The Bertz CT molecular complexity index is 1160. The normalized spacial score (nSPS) is 17.8. The van der Waals surface area contributed by atoms with E-state index in [1.165, 1.54) is 0 Å². The van der Waals surface area contributed by atoms with Gasteiger partial charge in [-0.05, 0) is 41.8 Å². The van der Waals surface area contributed by atoms with Crippen LogP contribution < -0.4 is 15.0 Å². The van der Waals surface area contributed by atoms with Gasteiger partial charge < -0.3 is 24.3 Å². The van der Waals surface area contributed by atoms with E-state index in [9.17, 15) is 9.90 Å². The molecule has 176 valence electrons. The van der Waals surface area contributed by atoms with Gasteiger partial charge in [-0.1, -0.05) is 0 Å². The van der Waals surface area contributed by atoms with E-state index in [4.69, 9.17) is 14.2 Å². The summed E-state index contributed by atoms with van der Waals surface area (Å²) in [6.45, 7) is 3.90. The Morgan fingerprint density at radius 3 is 2.79 bits per heavy atom. The van der Waals surface area contributed by atoms with Gasteiger partial charge in [0.25, 0.3) is 5.56 Å². The first-order valence-corrected chi connectivity index (χ1v) is 11.3. The number of pyridine rings is 1. The fraction of sp³-hybridized carbons (Fsp3) is 0.545. The predicted molar refractivity (Wildman–Crippen MR) is 118 cm³/mol. The summed E-state index contributed by atoms with van der Waals surface area (Å²) in [6.07, 6.45) is 2.75. The number of nitrogens with zero attached hydrogens (tertiary/aromatic N) is 5. The van der Waals surface area contributed by atoms with Gasteiger partial charge in [-0.2, -0.15) is 0 Å². The molecule has 33 heavy (non-hydrogen) atoms. The molecule has 1 aromatic carbocycles. The van der Waals surface area contributed by atoms with Crippen LogP contribution in [-0.2, 0) is 24.4 Å². The van der Waals surface area contributed by atoms with Crippen LogP contribution in [0.2, 0.25) is 0 Å². The van der Waals surface area contributed by atoms with E-state index >= 15 is 0 Å². The summed E-state index contributed by atoms with van der Waals surface area (Å²) in [5.74, 6) is 2.03. The molecule has 2 aliphatic rings. The molecule has 11 heteroatoms. The molecule has 0 aliphatic carbocycles. The third-order valence-corrected chi connectivity index (χ3v) is 5.98. The molecule has 0 spiro atoms. The number of H-pyrrole nitrogens is 1. The van der Waals surface area contributed by atoms with Crippen molar-refractivity contribution >= 4 is 10.9 Å². The first-order valence-electron chi connectivity index (χ1n) is 11.3. The number of aliphatic hydroxyl groups excluding tert-OH is 1. The van der Waals surface area contributed by atoms with Crippen molar-refractivity contribution in [3.63, 3.8) is 0 Å². The molecule has 2 N–H and O–H groups in total. The Labute approximate surface area is 190 Å². The van der Waals surface area contributed by atoms with Gasteiger partial charge in [-0.3, -0.25) is 9.69 Å². The number of rotatable bonds is 9. The maximum atomic E-state index is 12.8. The van der Waals surface area contributed by atoms with Crippen LogP contribution in [0, 0.1) is 0 Å². The van der Waals surface area contributed by atoms with Gasteiger partial charge in [0.05, 0.1) is 24.7 Å². The number of aliphatic hydroxyl groups is 1. The maximum absolute atomic E-state index is 12.8. The van der Waals surface area contributed by atoms with Crippen molar-refractivity contribution in [2.45, 2.75) is 45.0 Å². The number of aromatic nitrogens is 5. The number of aromatic amines is 1. The van der Waals surface area contributed by atoms with Crippen molar-refractivity contribution in [3.8, 4) is 11.5 Å². The highest BCUT2D eigenvalue weighted by Crippen LogP contribution is 2.33. The van der Waals surface area contributed by atoms with E-state index in [-0.39, 0.29) is 18.3 Å². The third kappa shape index (κ3) is 5.00. The van der Waals surface area contributed by atoms with Crippen LogP contribution in [-0.4, -0.2) is 74.3 Å². The number of hydrogen-bond acceptors (Lipinski definition) is 9. The standard InChI is InChI=1S/C22H28N6O5/c29-5-2-4-27(14-21-24-25-26-28(21)13-17-3-1-6-31-17)12-16-9-15-10-19-20(33-8-7-32-19)11-18(15)23-22(16)30/h9-11,17,29H,1-8,12-14H2,(H,23,30)/t17-/m0/s1. The number of ether oxygens (including phenoxy) is 3. The SMILES string of the molecule is O=c1[nH]c2cc3c(cc2cc1CN(CCCO)Cc1nnnn1C[C@@H]1CCCO1)OCCO3. The van der Waals surface area contributed by atoms with Crippen molar-refractivity contribution in [1.82, 2.24) is 30.1 Å². The quantitative estimate of drug-likeness (QED) is 0.482. The average Bonchev–Trinajstić information content (AvgIpc) is 3.49. The molecule has 0 unspecified atom stereocenters. The highest BCUT2D eigenvalue weighted by atomic mass is 16.6. The van der Waals surface area contributed by atoms with E-state index < -0.39 is 0 Å². The molecule has 0 bridgehead atoms. The van der Waals surface area contributed by atoms with Crippen molar-refractivity contribution in [2.24, 2.45) is 0 Å². The predicted octanol–water partition coefficient (Wildman–Crippen LogP) is 0.849. The lowest BCUT2D eigenvalue weighted by atomic mass is 10.1. The van der Waals surface area contributed by atoms with Gasteiger partial charge in [-0.25, -0.2) is 4.68 Å². The molecule has 0 amide bonds. The second-order valence-corrected chi connectivity index (χ2v) is 8.41. The Balaban J connectivity index is 1.37. The Morgan fingerprint density at radius 1 is 1.15 bits per heavy atom. The zero-order valence-corrected chi connectivity index (χ0v) is 18.4. The Hall–Kier alpha value is -3.02. The molecular weight excluding hydrogens is 428 g/mol. The van der Waals surface area contributed by atoms with Crippen molar-refractivity contribution in [1.29, 1.82) is 0 Å². The summed E-state index contributed by atoms with van der Waals surface area (Å²) in [7, 11) is 0. The first kappa shape index (κ1) is 21.8. The lowest BCUT2D eigenvalue weighted by molar-refractivity contribution is 0.0915. The van der Waals surface area contributed by atoms with Crippen LogP contribution >= 0.6 is 0 Å². The molecular formula is C22H28N6O5. The molecule has 3 aromatic rings. The molecule has 5 rings (SSSR count). The first-order chi connectivity index (χ1) is 16.2. The van der Waals surface area contributed by atoms with Crippen molar-refractivity contribution in [2.75, 3.05) is 33.0 Å². The highest BCUT2D eigenvalue weighted by Gasteiger charge is 2.21. The number of benzene rings is 1. The van der Waals surface area contributed by atoms with Crippen LogP contribution in [0.3, 0.4) is 0 Å². The summed E-state index contributed by atoms with van der Waals surface area (Å²) in [5, 5.41) is 22.4. The number of nitrogens with one attached hydrogen (secondary N) is 1. The highest BCUT2D eigenvalue weighted by molar-refractivity contribution is 5.83. The van der Waals surface area contributed by atoms with Crippen molar-refractivity contribution < 1.29 is 19.3 Å². The maximum Gasteiger partial charge on any atom is 0.252 e. The summed E-state index contributed by atoms with van der Waals surface area (Å²) in [5.41, 5.74) is 1.16. The topological polar surface area (TPSA) is 128 Å². The molecule has 0 saturated carbocycles. The lowest BCUT2D eigenvalue weighted by Crippen LogP contribution is -2.30. The molecule has 1 atom stereocenters. The molecule has 0 radical (unpaired) electrons. The molecule has 2 aliphatic heterocycles. The van der Waals surface area contributed by atoms with Crippen LogP contribution in [0.1, 0.15) is 30.7 Å². The minimum absolute atomic E-state index is 0.0644. The summed E-state index contributed by atoms with van der Waals surface area (Å²) in [4.78, 5) is 17.9. The van der Waals surface area contributed by atoms with Gasteiger partial charge >= 0.3 is 0 Å². The zero-order chi connectivity index (χ0) is 22.6. The van der Waals surface area contributed by atoms with E-state index in [0.29, 0.717) is 74.2 Å². The summed E-state index contributed by atoms with van der Waals surface area (Å²) < 4.78 is 18.8. The largest absolute Gasteiger partial charge is 0.486 e. The fourth-order valence-electron chi connectivity index (χ4n) is 4.31. The molecule has 11 nitrogen and oxygen atoms in total.